The first-order valence-electron chi connectivity index (χ1n) is 4.60. The van der Waals surface area contributed by atoms with Gasteiger partial charge in [0, 0.05) is 9.80 Å². The molecular formula is C11H14Br2O. The van der Waals surface area contributed by atoms with Crippen molar-refractivity contribution in [3.63, 3.8) is 0 Å². The summed E-state index contributed by atoms with van der Waals surface area (Å²) in [6.07, 6.45) is 0. The van der Waals surface area contributed by atoms with Gasteiger partial charge in [-0.05, 0) is 29.7 Å². The van der Waals surface area contributed by atoms with Crippen LogP contribution in [-0.2, 0) is 5.33 Å². The molecular weight excluding hydrogens is 308 g/mol. The van der Waals surface area contributed by atoms with Crippen LogP contribution in [0.1, 0.15) is 19.4 Å². The second-order valence-corrected chi connectivity index (χ2v) is 5.01. The minimum absolute atomic E-state index is 0.561. The van der Waals surface area contributed by atoms with Crippen LogP contribution in [0, 0.1) is 5.92 Å². The van der Waals surface area contributed by atoms with Crippen LogP contribution in [0.15, 0.2) is 22.7 Å². The zero-order valence-corrected chi connectivity index (χ0v) is 11.6. The third-order valence-corrected chi connectivity index (χ3v) is 3.12. The van der Waals surface area contributed by atoms with E-state index in [1.54, 1.807) is 0 Å². The Morgan fingerprint density at radius 2 is 2.07 bits per heavy atom. The van der Waals surface area contributed by atoms with E-state index in [-0.39, 0.29) is 0 Å². The first-order chi connectivity index (χ1) is 6.63. The Morgan fingerprint density at radius 1 is 1.36 bits per heavy atom. The van der Waals surface area contributed by atoms with Crippen molar-refractivity contribution < 1.29 is 4.74 Å². The zero-order valence-electron chi connectivity index (χ0n) is 8.39. The molecule has 1 nitrogen and oxygen atoms in total. The molecule has 1 aromatic rings. The number of alkyl halides is 1. The molecule has 0 bridgehead atoms. The number of ether oxygens (including phenoxy) is 1. The molecule has 3 heteroatoms. The number of benzene rings is 1. The average Bonchev–Trinajstić information content (AvgIpc) is 2.16. The van der Waals surface area contributed by atoms with Gasteiger partial charge in [0.25, 0.3) is 0 Å². The molecule has 0 saturated carbocycles. The van der Waals surface area contributed by atoms with E-state index in [9.17, 15) is 0 Å². The summed E-state index contributed by atoms with van der Waals surface area (Å²) >= 11 is 6.92. The summed E-state index contributed by atoms with van der Waals surface area (Å²) in [4.78, 5) is 0. The van der Waals surface area contributed by atoms with Crippen LogP contribution in [0.25, 0.3) is 0 Å². The highest BCUT2D eigenvalue weighted by atomic mass is 79.9. The molecule has 78 valence electrons. The molecule has 0 unspecified atom stereocenters. The smallest absolute Gasteiger partial charge is 0.119 e. The first-order valence-corrected chi connectivity index (χ1v) is 6.52. The molecule has 0 aliphatic carbocycles. The molecule has 0 saturated heterocycles. The Balaban J connectivity index is 2.69. The molecule has 1 rings (SSSR count). The fraction of sp³-hybridized carbons (Fsp3) is 0.455. The maximum atomic E-state index is 5.62. The lowest BCUT2D eigenvalue weighted by Crippen LogP contribution is -2.04. The van der Waals surface area contributed by atoms with Crippen molar-refractivity contribution in [2.45, 2.75) is 19.2 Å². The maximum Gasteiger partial charge on any atom is 0.119 e. The summed E-state index contributed by atoms with van der Waals surface area (Å²) in [5.74, 6) is 1.50. The Hall–Kier alpha value is -0.0200. The monoisotopic (exact) mass is 320 g/mol. The van der Waals surface area contributed by atoms with E-state index in [1.165, 1.54) is 5.56 Å². The zero-order chi connectivity index (χ0) is 10.6. The maximum absolute atomic E-state index is 5.62. The number of rotatable bonds is 4. The average molecular weight is 322 g/mol. The predicted octanol–water partition coefficient (Wildman–Crippen LogP) is 4.38. The third kappa shape index (κ3) is 3.62. The Labute approximate surface area is 102 Å². The summed E-state index contributed by atoms with van der Waals surface area (Å²) in [5.41, 5.74) is 1.21. The van der Waals surface area contributed by atoms with E-state index < -0.39 is 0 Å². The lowest BCUT2D eigenvalue weighted by Gasteiger charge is -2.10. The van der Waals surface area contributed by atoms with Crippen molar-refractivity contribution >= 4 is 31.9 Å². The van der Waals surface area contributed by atoms with Gasteiger partial charge in [0.15, 0.2) is 0 Å². The van der Waals surface area contributed by atoms with Crippen LogP contribution < -0.4 is 4.74 Å². The summed E-state index contributed by atoms with van der Waals surface area (Å²) in [7, 11) is 0. The quantitative estimate of drug-likeness (QED) is 0.748. The van der Waals surface area contributed by atoms with Gasteiger partial charge in [-0.3, -0.25) is 0 Å². The van der Waals surface area contributed by atoms with Crippen molar-refractivity contribution in [3.05, 3.63) is 28.2 Å². The summed E-state index contributed by atoms with van der Waals surface area (Å²) in [5, 5.41) is 0.840. The molecule has 0 aliphatic heterocycles. The molecule has 0 heterocycles. The largest absolute Gasteiger partial charge is 0.493 e. The van der Waals surface area contributed by atoms with Gasteiger partial charge >= 0.3 is 0 Å². The van der Waals surface area contributed by atoms with E-state index in [2.05, 4.69) is 51.8 Å². The molecule has 1 aromatic carbocycles. The molecule has 0 aromatic heterocycles. The van der Waals surface area contributed by atoms with E-state index in [0.29, 0.717) is 5.92 Å². The van der Waals surface area contributed by atoms with E-state index in [1.807, 2.05) is 12.1 Å². The van der Waals surface area contributed by atoms with Crippen LogP contribution in [0.4, 0.5) is 0 Å². The van der Waals surface area contributed by atoms with Crippen molar-refractivity contribution in [1.82, 2.24) is 0 Å². The van der Waals surface area contributed by atoms with Gasteiger partial charge in [-0.15, -0.1) is 0 Å². The van der Waals surface area contributed by atoms with Crippen molar-refractivity contribution in [2.75, 3.05) is 6.61 Å². The highest BCUT2D eigenvalue weighted by molar-refractivity contribution is 9.10. The van der Waals surface area contributed by atoms with E-state index in [0.717, 1.165) is 22.2 Å². The minimum Gasteiger partial charge on any atom is -0.493 e. The Bertz CT molecular complexity index is 297. The normalized spacial score (nSPS) is 10.6. The van der Waals surface area contributed by atoms with Crippen molar-refractivity contribution in [2.24, 2.45) is 5.92 Å². The summed E-state index contributed by atoms with van der Waals surface area (Å²) < 4.78 is 6.74. The van der Waals surface area contributed by atoms with Crippen molar-refractivity contribution in [1.29, 1.82) is 0 Å². The lowest BCUT2D eigenvalue weighted by molar-refractivity contribution is 0.271. The number of hydrogen-bond donors (Lipinski definition) is 0. The topological polar surface area (TPSA) is 9.23 Å². The molecule has 0 atom stereocenters. The summed E-state index contributed by atoms with van der Waals surface area (Å²) in [6, 6.07) is 6.06. The molecule has 0 N–H and O–H groups in total. The van der Waals surface area contributed by atoms with Crippen LogP contribution in [-0.4, -0.2) is 6.61 Å². The Morgan fingerprint density at radius 3 is 2.64 bits per heavy atom. The lowest BCUT2D eigenvalue weighted by atomic mass is 10.2. The predicted molar refractivity (Wildman–Crippen MR) is 67.1 cm³/mol. The number of hydrogen-bond acceptors (Lipinski definition) is 1. The summed E-state index contributed by atoms with van der Waals surface area (Å²) in [6.45, 7) is 5.05. The van der Waals surface area contributed by atoms with E-state index >= 15 is 0 Å². The molecule has 0 amide bonds. The van der Waals surface area contributed by atoms with Gasteiger partial charge in [0.05, 0.1) is 6.61 Å². The highest BCUT2D eigenvalue weighted by Crippen LogP contribution is 2.24. The SMILES string of the molecule is CC(C)COc1ccc(Br)c(CBr)c1. The van der Waals surface area contributed by atoms with Gasteiger partial charge in [-0.2, -0.15) is 0 Å². The molecule has 0 radical (unpaired) electrons. The molecule has 0 fully saturated rings. The second-order valence-electron chi connectivity index (χ2n) is 3.59. The van der Waals surface area contributed by atoms with Gasteiger partial charge in [0.1, 0.15) is 5.75 Å². The van der Waals surface area contributed by atoms with Crippen molar-refractivity contribution in [3.8, 4) is 5.75 Å². The molecule has 14 heavy (non-hydrogen) atoms. The second kappa shape index (κ2) is 5.76. The van der Waals surface area contributed by atoms with Gasteiger partial charge < -0.3 is 4.74 Å². The third-order valence-electron chi connectivity index (χ3n) is 1.74. The van der Waals surface area contributed by atoms with Gasteiger partial charge in [0.2, 0.25) is 0 Å². The standard InChI is InChI=1S/C11H14Br2O/c1-8(2)7-14-10-3-4-11(13)9(5-10)6-12/h3-5,8H,6-7H2,1-2H3. The Kier molecular flexibility index (Phi) is 4.96. The van der Waals surface area contributed by atoms with E-state index in [4.69, 9.17) is 4.74 Å². The van der Waals surface area contributed by atoms with Gasteiger partial charge in [-0.1, -0.05) is 45.7 Å². The fourth-order valence-electron chi connectivity index (χ4n) is 1.01. The molecule has 0 aliphatic rings. The fourth-order valence-corrected chi connectivity index (χ4v) is 2.23. The molecule has 0 spiro atoms. The van der Waals surface area contributed by atoms with Crippen LogP contribution in [0.5, 0.6) is 5.75 Å². The number of halogens is 2. The van der Waals surface area contributed by atoms with Crippen LogP contribution in [0.3, 0.4) is 0 Å². The first kappa shape index (κ1) is 12.1. The van der Waals surface area contributed by atoms with Crippen LogP contribution in [0.2, 0.25) is 0 Å². The minimum atomic E-state index is 0.561. The van der Waals surface area contributed by atoms with Gasteiger partial charge in [-0.25, -0.2) is 0 Å². The van der Waals surface area contributed by atoms with Crippen LogP contribution >= 0.6 is 31.9 Å². The highest BCUT2D eigenvalue weighted by Gasteiger charge is 2.02.